The van der Waals surface area contributed by atoms with Gasteiger partial charge in [0, 0.05) is 23.2 Å². The van der Waals surface area contributed by atoms with Crippen LogP contribution < -0.4 is 5.73 Å². The SMILES string of the molecule is CCc1cc2ccc3cnn(C[C@H](C)N)c3c2o1. The van der Waals surface area contributed by atoms with Crippen molar-refractivity contribution in [2.45, 2.75) is 32.9 Å². The van der Waals surface area contributed by atoms with Crippen molar-refractivity contribution in [3.63, 3.8) is 0 Å². The van der Waals surface area contributed by atoms with Crippen molar-refractivity contribution in [3.8, 4) is 0 Å². The molecule has 0 saturated heterocycles. The highest BCUT2D eigenvalue weighted by Gasteiger charge is 2.12. The number of benzene rings is 1. The van der Waals surface area contributed by atoms with Gasteiger partial charge in [0.2, 0.25) is 0 Å². The molecule has 0 bridgehead atoms. The van der Waals surface area contributed by atoms with Crippen LogP contribution in [0, 0.1) is 0 Å². The van der Waals surface area contributed by atoms with Crippen LogP contribution in [0.1, 0.15) is 19.6 Å². The van der Waals surface area contributed by atoms with Gasteiger partial charge in [-0.1, -0.05) is 19.1 Å². The Kier molecular flexibility index (Phi) is 2.59. The summed E-state index contributed by atoms with van der Waals surface area (Å²) in [5, 5.41) is 6.63. The number of aromatic nitrogens is 2. The average Bonchev–Trinajstić information content (AvgIpc) is 2.91. The minimum Gasteiger partial charge on any atom is -0.459 e. The van der Waals surface area contributed by atoms with Gasteiger partial charge in [-0.2, -0.15) is 5.10 Å². The summed E-state index contributed by atoms with van der Waals surface area (Å²) in [4.78, 5) is 0. The van der Waals surface area contributed by atoms with E-state index in [1.807, 2.05) is 17.8 Å². The number of aryl methyl sites for hydroxylation is 1. The Morgan fingerprint density at radius 2 is 2.17 bits per heavy atom. The molecule has 0 unspecified atom stereocenters. The van der Waals surface area contributed by atoms with Crippen LogP contribution in [0.4, 0.5) is 0 Å². The van der Waals surface area contributed by atoms with Crippen molar-refractivity contribution >= 4 is 21.9 Å². The third-order valence-corrected chi connectivity index (χ3v) is 3.15. The zero-order valence-electron chi connectivity index (χ0n) is 10.7. The summed E-state index contributed by atoms with van der Waals surface area (Å²) in [7, 11) is 0. The van der Waals surface area contributed by atoms with Gasteiger partial charge < -0.3 is 10.2 Å². The Morgan fingerprint density at radius 1 is 1.39 bits per heavy atom. The first-order valence-corrected chi connectivity index (χ1v) is 6.31. The fourth-order valence-electron chi connectivity index (χ4n) is 2.30. The highest BCUT2D eigenvalue weighted by Crippen LogP contribution is 2.28. The van der Waals surface area contributed by atoms with Gasteiger partial charge in [-0.25, -0.2) is 0 Å². The fourth-order valence-corrected chi connectivity index (χ4v) is 2.30. The van der Waals surface area contributed by atoms with Crippen LogP contribution in [0.2, 0.25) is 0 Å². The average molecular weight is 243 g/mol. The third-order valence-electron chi connectivity index (χ3n) is 3.15. The van der Waals surface area contributed by atoms with Gasteiger partial charge in [-0.15, -0.1) is 0 Å². The molecule has 4 nitrogen and oxygen atoms in total. The number of furan rings is 1. The summed E-state index contributed by atoms with van der Waals surface area (Å²) in [5.41, 5.74) is 7.82. The lowest BCUT2D eigenvalue weighted by molar-refractivity contribution is 0.538. The van der Waals surface area contributed by atoms with E-state index < -0.39 is 0 Å². The number of nitrogens with zero attached hydrogens (tertiary/aromatic N) is 2. The number of fused-ring (bicyclic) bond motifs is 3. The first-order valence-electron chi connectivity index (χ1n) is 6.31. The van der Waals surface area contributed by atoms with E-state index in [0.29, 0.717) is 6.54 Å². The Morgan fingerprint density at radius 3 is 2.89 bits per heavy atom. The topological polar surface area (TPSA) is 57.0 Å². The molecule has 0 spiro atoms. The lowest BCUT2D eigenvalue weighted by Crippen LogP contribution is -2.22. The van der Waals surface area contributed by atoms with Crippen LogP contribution in [0.5, 0.6) is 0 Å². The lowest BCUT2D eigenvalue weighted by atomic mass is 10.2. The van der Waals surface area contributed by atoms with Gasteiger partial charge in [0.05, 0.1) is 12.7 Å². The van der Waals surface area contributed by atoms with Crippen molar-refractivity contribution in [1.29, 1.82) is 0 Å². The number of nitrogens with two attached hydrogens (primary N) is 1. The van der Waals surface area contributed by atoms with E-state index in [4.69, 9.17) is 10.2 Å². The lowest BCUT2D eigenvalue weighted by Gasteiger charge is -2.06. The molecule has 18 heavy (non-hydrogen) atoms. The quantitative estimate of drug-likeness (QED) is 0.769. The van der Waals surface area contributed by atoms with E-state index in [2.05, 4.69) is 30.2 Å². The molecule has 94 valence electrons. The molecule has 1 atom stereocenters. The van der Waals surface area contributed by atoms with Crippen molar-refractivity contribution in [2.24, 2.45) is 5.73 Å². The second-order valence-electron chi connectivity index (χ2n) is 4.79. The molecule has 2 aromatic heterocycles. The summed E-state index contributed by atoms with van der Waals surface area (Å²) in [6.45, 7) is 4.77. The van der Waals surface area contributed by atoms with Gasteiger partial charge in [-0.3, -0.25) is 4.68 Å². The summed E-state index contributed by atoms with van der Waals surface area (Å²) in [5.74, 6) is 1.01. The maximum atomic E-state index is 5.91. The molecule has 3 aromatic rings. The fraction of sp³-hybridized carbons (Fsp3) is 0.357. The normalized spacial score (nSPS) is 13.5. The van der Waals surface area contributed by atoms with Crippen LogP contribution in [-0.2, 0) is 13.0 Å². The van der Waals surface area contributed by atoms with E-state index >= 15 is 0 Å². The standard InChI is InChI=1S/C14H17N3O/c1-3-12-6-10-4-5-11-7-16-17(8-9(2)15)13(11)14(10)18-12/h4-7,9H,3,8,15H2,1-2H3/t9-/m0/s1. The maximum absolute atomic E-state index is 5.91. The minimum absolute atomic E-state index is 0.0731. The largest absolute Gasteiger partial charge is 0.459 e. The Balaban J connectivity index is 2.29. The Hall–Kier alpha value is -1.81. The molecular weight excluding hydrogens is 226 g/mol. The maximum Gasteiger partial charge on any atom is 0.160 e. The molecule has 2 heterocycles. The molecule has 0 radical (unpaired) electrons. The van der Waals surface area contributed by atoms with Gasteiger partial charge in [0.1, 0.15) is 11.3 Å². The second kappa shape index (κ2) is 4.14. The monoisotopic (exact) mass is 243 g/mol. The van der Waals surface area contributed by atoms with E-state index in [1.165, 1.54) is 0 Å². The molecule has 0 aliphatic carbocycles. The molecule has 0 saturated carbocycles. The van der Waals surface area contributed by atoms with Gasteiger partial charge in [-0.05, 0) is 13.0 Å². The molecule has 3 rings (SSSR count). The third kappa shape index (κ3) is 1.69. The predicted octanol–water partition coefficient (Wildman–Crippen LogP) is 2.69. The van der Waals surface area contributed by atoms with Crippen LogP contribution >= 0.6 is 0 Å². The van der Waals surface area contributed by atoms with Gasteiger partial charge in [0.15, 0.2) is 5.58 Å². The molecule has 0 amide bonds. The molecule has 0 fully saturated rings. The molecule has 2 N–H and O–H groups in total. The number of hydrogen-bond acceptors (Lipinski definition) is 3. The molecule has 0 aliphatic rings. The van der Waals surface area contributed by atoms with Crippen LogP contribution in [0.3, 0.4) is 0 Å². The number of hydrogen-bond donors (Lipinski definition) is 1. The predicted molar refractivity (Wildman–Crippen MR) is 72.5 cm³/mol. The smallest absolute Gasteiger partial charge is 0.160 e. The summed E-state index contributed by atoms with van der Waals surface area (Å²) < 4.78 is 7.85. The summed E-state index contributed by atoms with van der Waals surface area (Å²) >= 11 is 0. The molecule has 1 aromatic carbocycles. The Bertz CT molecular complexity index is 694. The second-order valence-corrected chi connectivity index (χ2v) is 4.79. The van der Waals surface area contributed by atoms with Crippen molar-refractivity contribution in [2.75, 3.05) is 0 Å². The highest BCUT2D eigenvalue weighted by molar-refractivity contribution is 6.02. The molecule has 0 aliphatic heterocycles. The molecule has 4 heteroatoms. The van der Waals surface area contributed by atoms with Crippen LogP contribution in [0.15, 0.2) is 28.8 Å². The highest BCUT2D eigenvalue weighted by atomic mass is 16.3. The van der Waals surface area contributed by atoms with Crippen molar-refractivity contribution in [1.82, 2.24) is 9.78 Å². The number of rotatable bonds is 3. The summed E-state index contributed by atoms with van der Waals surface area (Å²) in [6.07, 6.45) is 2.77. The zero-order chi connectivity index (χ0) is 12.7. The Labute approximate surface area is 105 Å². The van der Waals surface area contributed by atoms with Crippen molar-refractivity contribution < 1.29 is 4.42 Å². The van der Waals surface area contributed by atoms with Crippen LogP contribution in [0.25, 0.3) is 21.9 Å². The first-order chi connectivity index (χ1) is 8.69. The van der Waals surface area contributed by atoms with E-state index in [9.17, 15) is 0 Å². The van der Waals surface area contributed by atoms with Gasteiger partial charge >= 0.3 is 0 Å². The molecular formula is C14H17N3O. The summed E-state index contributed by atoms with van der Waals surface area (Å²) in [6, 6.07) is 6.33. The minimum atomic E-state index is 0.0731. The van der Waals surface area contributed by atoms with E-state index in [0.717, 1.165) is 34.1 Å². The van der Waals surface area contributed by atoms with E-state index in [-0.39, 0.29) is 6.04 Å². The van der Waals surface area contributed by atoms with Gasteiger partial charge in [0.25, 0.3) is 0 Å². The van der Waals surface area contributed by atoms with Crippen molar-refractivity contribution in [3.05, 3.63) is 30.2 Å². The zero-order valence-corrected chi connectivity index (χ0v) is 10.7. The van der Waals surface area contributed by atoms with E-state index in [1.54, 1.807) is 0 Å². The first kappa shape index (κ1) is 11.3. The van der Waals surface area contributed by atoms with Crippen LogP contribution in [-0.4, -0.2) is 15.8 Å².